The van der Waals surface area contributed by atoms with E-state index in [1.165, 1.54) is 25.8 Å². The van der Waals surface area contributed by atoms with Gasteiger partial charge >= 0.3 is 5.97 Å². The number of alkyl halides is 2. The van der Waals surface area contributed by atoms with E-state index in [2.05, 4.69) is 10.3 Å². The van der Waals surface area contributed by atoms with Crippen LogP contribution in [-0.4, -0.2) is 198 Å². The molecule has 406 valence electrons. The van der Waals surface area contributed by atoms with Gasteiger partial charge in [0.25, 0.3) is 0 Å². The van der Waals surface area contributed by atoms with Gasteiger partial charge in [0.05, 0.1) is 53.8 Å². The molecule has 0 amide bonds. The van der Waals surface area contributed by atoms with Crippen molar-refractivity contribution in [1.29, 1.82) is 0 Å². The first-order valence-corrected chi connectivity index (χ1v) is 26.1. The van der Waals surface area contributed by atoms with Crippen molar-refractivity contribution in [3.05, 3.63) is 47.3 Å². The van der Waals surface area contributed by atoms with Crippen molar-refractivity contribution in [2.45, 2.75) is 195 Å². The minimum absolute atomic E-state index is 0.0792. The molecular weight excluding hydrogens is 1040 g/mol. The van der Waals surface area contributed by atoms with Gasteiger partial charge in [-0.2, -0.15) is 0 Å². The summed E-state index contributed by atoms with van der Waals surface area (Å²) in [6.07, 6.45) is -7.17. The van der Waals surface area contributed by atoms with Gasteiger partial charge in [-0.15, -0.1) is 5.10 Å². The van der Waals surface area contributed by atoms with E-state index >= 15 is 0 Å². The number of aliphatic hydroxyl groups excluding tert-OH is 4. The molecule has 20 atom stereocenters. The predicted molar refractivity (Wildman–Crippen MR) is 268 cm³/mol. The van der Waals surface area contributed by atoms with Crippen molar-refractivity contribution >= 4 is 28.6 Å². The SMILES string of the molecule is CO[C@H](c1ccc(CO)cc1)[C@@H](CF)n1cc(CCN(C)[C@H]2C[C@@H](C)O[C@@H](O[C@@H]3[C@@H](C)[C@H](O[C@H]4C[C@@](C)(OC)[C@@H](O)[C@H](C)O4)[C@@H](C)C(=O)O[C@H](I)[C@@](C)(O)[C@H](O)[C@@H](C)N(C)C[C@H](C)C[C@@]3(C)O)[C@@H]2O)nn1. The van der Waals surface area contributed by atoms with E-state index in [0.29, 0.717) is 31.6 Å². The highest BCUT2D eigenvalue weighted by Gasteiger charge is 2.53. The van der Waals surface area contributed by atoms with Crippen LogP contribution in [0.25, 0.3) is 0 Å². The van der Waals surface area contributed by atoms with Crippen LogP contribution in [-0.2, 0) is 51.0 Å². The predicted octanol–water partition coefficient (Wildman–Crippen LogP) is 3.48. The molecule has 19 nitrogen and oxygen atoms in total. The summed E-state index contributed by atoms with van der Waals surface area (Å²) < 4.78 is 58.6. The number of esters is 1. The Balaban J connectivity index is 1.44. The fourth-order valence-corrected chi connectivity index (χ4v) is 11.4. The van der Waals surface area contributed by atoms with Crippen molar-refractivity contribution in [1.82, 2.24) is 24.8 Å². The Hall–Kier alpha value is -2.07. The number of benzene rings is 1. The molecule has 21 heteroatoms. The van der Waals surface area contributed by atoms with Gasteiger partial charge in [-0.3, -0.25) is 4.79 Å². The fourth-order valence-electron chi connectivity index (χ4n) is 10.7. The molecule has 6 N–H and O–H groups in total. The van der Waals surface area contributed by atoms with Crippen LogP contribution in [0, 0.1) is 17.8 Å². The smallest absolute Gasteiger partial charge is 0.312 e. The topological polar surface area (TPSA) is 240 Å². The normalized spacial score (nSPS) is 40.4. The summed E-state index contributed by atoms with van der Waals surface area (Å²) in [6.45, 7) is 15.4. The highest BCUT2D eigenvalue weighted by atomic mass is 127. The minimum Gasteiger partial charge on any atom is -0.448 e. The number of ether oxygens (including phenoxy) is 7. The molecular formula is C50H83FIN5O14. The van der Waals surface area contributed by atoms with Gasteiger partial charge < -0.3 is 73.6 Å². The van der Waals surface area contributed by atoms with E-state index in [1.54, 1.807) is 72.0 Å². The second kappa shape index (κ2) is 25.2. The molecule has 71 heavy (non-hydrogen) atoms. The second-order valence-electron chi connectivity index (χ2n) is 21.3. The van der Waals surface area contributed by atoms with Crippen LogP contribution in [0.1, 0.15) is 111 Å². The number of hydrogen-bond acceptors (Lipinski definition) is 18. The third kappa shape index (κ3) is 14.1. The highest BCUT2D eigenvalue weighted by Crippen LogP contribution is 2.41. The molecule has 1 aromatic heterocycles. The number of halogens is 2. The molecule has 3 saturated heterocycles. The third-order valence-corrected chi connectivity index (χ3v) is 16.9. The first kappa shape index (κ1) is 59.8. The van der Waals surface area contributed by atoms with Crippen LogP contribution in [0.3, 0.4) is 0 Å². The van der Waals surface area contributed by atoms with Crippen LogP contribution in [0.2, 0.25) is 0 Å². The maximum Gasteiger partial charge on any atom is 0.312 e. The zero-order valence-corrected chi connectivity index (χ0v) is 46.0. The van der Waals surface area contributed by atoms with Crippen LogP contribution in [0.4, 0.5) is 4.39 Å². The number of hydrogen-bond donors (Lipinski definition) is 6. The Bertz CT molecular complexity index is 1970. The first-order chi connectivity index (χ1) is 33.2. The van der Waals surface area contributed by atoms with Crippen LogP contribution in [0.5, 0.6) is 0 Å². The number of aromatic nitrogens is 3. The van der Waals surface area contributed by atoms with Gasteiger partial charge in [0.15, 0.2) is 16.7 Å². The molecule has 0 saturated carbocycles. The number of rotatable bonds is 15. The number of carbonyl (C=O) groups excluding carboxylic acids is 1. The van der Waals surface area contributed by atoms with Crippen molar-refractivity contribution in [2.75, 3.05) is 48.1 Å². The van der Waals surface area contributed by atoms with E-state index < -0.39 is 125 Å². The maximum absolute atomic E-state index is 14.7. The molecule has 1 aromatic carbocycles. The molecule has 3 aliphatic heterocycles. The number of methoxy groups -OCH3 is 2. The quantitative estimate of drug-likeness (QED) is 0.0850. The van der Waals surface area contributed by atoms with Crippen LogP contribution in [0.15, 0.2) is 30.5 Å². The number of nitrogens with zero attached hydrogens (tertiary/aromatic N) is 5. The van der Waals surface area contributed by atoms with E-state index in [0.717, 1.165) is 11.1 Å². The summed E-state index contributed by atoms with van der Waals surface area (Å²) in [4.78, 5) is 18.2. The van der Waals surface area contributed by atoms with Crippen molar-refractivity contribution < 1.29 is 73.0 Å². The summed E-state index contributed by atoms with van der Waals surface area (Å²) in [6, 6.07) is 5.20. The van der Waals surface area contributed by atoms with Crippen molar-refractivity contribution in [3.63, 3.8) is 0 Å². The highest BCUT2D eigenvalue weighted by molar-refractivity contribution is 14.1. The Labute approximate surface area is 432 Å². The van der Waals surface area contributed by atoms with E-state index in [1.807, 2.05) is 60.3 Å². The zero-order valence-electron chi connectivity index (χ0n) is 43.8. The molecule has 2 aromatic rings. The lowest BCUT2D eigenvalue weighted by atomic mass is 9.77. The number of aliphatic hydroxyl groups is 6. The van der Waals surface area contributed by atoms with E-state index in [4.69, 9.17) is 33.2 Å². The zero-order chi connectivity index (χ0) is 52.9. The lowest BCUT2D eigenvalue weighted by Crippen LogP contribution is -2.60. The molecule has 0 bridgehead atoms. The number of likely N-dealkylation sites (N-methyl/N-ethyl adjacent to an activating group) is 2. The maximum atomic E-state index is 14.7. The number of carbonyl (C=O) groups is 1. The Morgan fingerprint density at radius 3 is 2.25 bits per heavy atom. The fraction of sp³-hybridized carbons (Fsp3) is 0.820. The van der Waals surface area contributed by atoms with Gasteiger partial charge in [-0.25, -0.2) is 9.07 Å². The molecule has 5 rings (SSSR count). The molecule has 0 radical (unpaired) electrons. The van der Waals surface area contributed by atoms with Crippen molar-refractivity contribution in [2.24, 2.45) is 17.8 Å². The summed E-state index contributed by atoms with van der Waals surface area (Å²) >= 11 is 1.81. The van der Waals surface area contributed by atoms with Gasteiger partial charge in [0.2, 0.25) is 0 Å². The Morgan fingerprint density at radius 1 is 0.986 bits per heavy atom. The van der Waals surface area contributed by atoms with E-state index in [9.17, 15) is 39.8 Å². The summed E-state index contributed by atoms with van der Waals surface area (Å²) in [7, 11) is 6.68. The number of cyclic esters (lactones) is 1. The van der Waals surface area contributed by atoms with E-state index in [-0.39, 0.29) is 25.4 Å². The molecule has 3 fully saturated rings. The van der Waals surface area contributed by atoms with Gasteiger partial charge in [0.1, 0.15) is 42.7 Å². The molecule has 4 heterocycles. The van der Waals surface area contributed by atoms with Crippen LogP contribution >= 0.6 is 22.6 Å². The minimum atomic E-state index is -1.88. The average Bonchev–Trinajstić information content (AvgIpc) is 3.80. The molecule has 0 aliphatic carbocycles. The first-order valence-electron chi connectivity index (χ1n) is 24.8. The lowest BCUT2D eigenvalue weighted by Gasteiger charge is -2.49. The monoisotopic (exact) mass is 1120 g/mol. The lowest BCUT2D eigenvalue weighted by molar-refractivity contribution is -0.318. The Morgan fingerprint density at radius 2 is 1.65 bits per heavy atom. The summed E-state index contributed by atoms with van der Waals surface area (Å²) in [5, 5.41) is 77.4. The standard InChI is InChI=1S/C50H83FIN5O14/c1-27-21-48(7,63)44(29(3)40(69-38-22-49(8,66-13)43(61)32(6)68-38)30(4)45(62)71-47(52)50(9,64)42(60)31(5)56(11)24-27)70-46-39(59)36(20-28(2)67-46)55(10)19-18-35-25-57(54-53-35)37(23-51)41(65-12)34-16-14-33(26-58)15-17-34/h14-17,25,27-32,36-44,46-47,58-61,63-64H,18-24,26H2,1-13H3/t27-,28-,29+,30-,31-,32+,36+,37-,38+,39-,40+,41-,42-,43+,44-,46+,47+,48-,49-,50+/m1/s1. The molecule has 0 unspecified atom stereocenters. The Kier molecular flexibility index (Phi) is 21.2. The summed E-state index contributed by atoms with van der Waals surface area (Å²) in [5.41, 5.74) is -2.58. The van der Waals surface area contributed by atoms with Crippen LogP contribution < -0.4 is 0 Å². The van der Waals surface area contributed by atoms with Gasteiger partial charge in [-0.05, 0) is 115 Å². The van der Waals surface area contributed by atoms with Gasteiger partial charge in [-0.1, -0.05) is 43.3 Å². The van der Waals surface area contributed by atoms with Gasteiger partial charge in [0, 0.05) is 64.3 Å². The largest absolute Gasteiger partial charge is 0.448 e. The van der Waals surface area contributed by atoms with Crippen molar-refractivity contribution in [3.8, 4) is 0 Å². The summed E-state index contributed by atoms with van der Waals surface area (Å²) in [5.74, 6) is -2.92. The molecule has 3 aliphatic rings. The third-order valence-electron chi connectivity index (χ3n) is 15.4. The average molecular weight is 1120 g/mol. The molecule has 0 spiro atoms. The second-order valence-corrected chi connectivity index (χ2v) is 22.5.